The first-order valence-corrected chi connectivity index (χ1v) is 8.57. The van der Waals surface area contributed by atoms with Crippen LogP contribution in [0.5, 0.6) is 0 Å². The topological polar surface area (TPSA) is 80.9 Å². The van der Waals surface area contributed by atoms with Crippen molar-refractivity contribution < 1.29 is 9.90 Å². The number of tetrazole rings is 1. The molecule has 0 radical (unpaired) electrons. The van der Waals surface area contributed by atoms with Gasteiger partial charge in [-0.1, -0.05) is 12.5 Å². The maximum Gasteiger partial charge on any atom is 0.159 e. The molecular weight excluding hydrogens is 292 g/mol. The lowest BCUT2D eigenvalue weighted by molar-refractivity contribution is -0.114. The number of allylic oxidation sites excluding steroid dienone is 4. The molecule has 1 fully saturated rings. The first kappa shape index (κ1) is 16.1. The standard InChI is InChI=1S/C17H24N4O2/c22-11-10-21-17(18-19-20-21)7-2-1-4-13-5-3-6-14-12-15(23)8-9-16(13)14/h9,12-13,22H,1-8,10-11H2. The van der Waals surface area contributed by atoms with Gasteiger partial charge >= 0.3 is 0 Å². The SMILES string of the molecule is O=C1C=C2CCCC(CCCCc3nnnn3CCO)C2=CC1. The van der Waals surface area contributed by atoms with E-state index in [2.05, 4.69) is 21.6 Å². The molecule has 0 saturated heterocycles. The average Bonchev–Trinajstić information content (AvgIpc) is 2.99. The van der Waals surface area contributed by atoms with Crippen molar-refractivity contribution in [3.63, 3.8) is 0 Å². The van der Waals surface area contributed by atoms with Crippen molar-refractivity contribution in [3.05, 3.63) is 29.1 Å². The van der Waals surface area contributed by atoms with Gasteiger partial charge in [0.25, 0.3) is 0 Å². The van der Waals surface area contributed by atoms with Gasteiger partial charge in [-0.15, -0.1) is 5.10 Å². The van der Waals surface area contributed by atoms with E-state index in [1.165, 1.54) is 30.4 Å². The largest absolute Gasteiger partial charge is 0.394 e. The van der Waals surface area contributed by atoms with Gasteiger partial charge in [0.2, 0.25) is 0 Å². The van der Waals surface area contributed by atoms with Gasteiger partial charge in [0.15, 0.2) is 11.6 Å². The van der Waals surface area contributed by atoms with Gasteiger partial charge < -0.3 is 5.11 Å². The Hall–Kier alpha value is -1.82. The van der Waals surface area contributed by atoms with Crippen molar-refractivity contribution >= 4 is 5.78 Å². The molecule has 1 unspecified atom stereocenters. The third kappa shape index (κ3) is 3.93. The highest BCUT2D eigenvalue weighted by molar-refractivity contribution is 5.93. The van der Waals surface area contributed by atoms with Crippen LogP contribution in [-0.2, 0) is 17.8 Å². The molecule has 1 aromatic heterocycles. The molecule has 6 heteroatoms. The maximum atomic E-state index is 11.5. The summed E-state index contributed by atoms with van der Waals surface area (Å²) in [4.78, 5) is 11.5. The second-order valence-corrected chi connectivity index (χ2v) is 6.38. The lowest BCUT2D eigenvalue weighted by Gasteiger charge is -2.29. The Labute approximate surface area is 136 Å². The van der Waals surface area contributed by atoms with Crippen LogP contribution in [0.15, 0.2) is 23.3 Å². The number of aromatic nitrogens is 4. The summed E-state index contributed by atoms with van der Waals surface area (Å²) in [6.45, 7) is 0.516. The fraction of sp³-hybridized carbons (Fsp3) is 0.647. The zero-order chi connectivity index (χ0) is 16.1. The van der Waals surface area contributed by atoms with Gasteiger partial charge in [-0.2, -0.15) is 0 Å². The van der Waals surface area contributed by atoms with Gasteiger partial charge in [0, 0.05) is 12.8 Å². The quantitative estimate of drug-likeness (QED) is 0.778. The zero-order valence-corrected chi connectivity index (χ0v) is 13.4. The van der Waals surface area contributed by atoms with Gasteiger partial charge in [-0.05, 0) is 65.7 Å². The Morgan fingerprint density at radius 3 is 3.13 bits per heavy atom. The van der Waals surface area contributed by atoms with Crippen LogP contribution in [0.3, 0.4) is 0 Å². The fourth-order valence-corrected chi connectivity index (χ4v) is 3.66. The van der Waals surface area contributed by atoms with E-state index in [1.54, 1.807) is 4.68 Å². The molecule has 23 heavy (non-hydrogen) atoms. The van der Waals surface area contributed by atoms with E-state index >= 15 is 0 Å². The maximum absolute atomic E-state index is 11.5. The van der Waals surface area contributed by atoms with Crippen molar-refractivity contribution in [3.8, 4) is 0 Å². The number of carbonyl (C=O) groups excluding carboxylic acids is 1. The molecule has 3 rings (SSSR count). The molecular formula is C17H24N4O2. The lowest BCUT2D eigenvalue weighted by atomic mass is 9.75. The molecule has 0 aliphatic heterocycles. The highest BCUT2D eigenvalue weighted by atomic mass is 16.3. The smallest absolute Gasteiger partial charge is 0.159 e. The van der Waals surface area contributed by atoms with Crippen LogP contribution in [0.2, 0.25) is 0 Å². The monoisotopic (exact) mass is 316 g/mol. The number of aryl methyl sites for hydroxylation is 1. The van der Waals surface area contributed by atoms with E-state index in [9.17, 15) is 4.79 Å². The number of hydrogen-bond acceptors (Lipinski definition) is 5. The second kappa shape index (κ2) is 7.64. The average molecular weight is 316 g/mol. The summed E-state index contributed by atoms with van der Waals surface area (Å²) >= 11 is 0. The zero-order valence-electron chi connectivity index (χ0n) is 13.4. The van der Waals surface area contributed by atoms with E-state index in [1.807, 2.05) is 6.08 Å². The number of carbonyl (C=O) groups is 1. The summed E-state index contributed by atoms with van der Waals surface area (Å²) in [5.74, 6) is 1.71. The van der Waals surface area contributed by atoms with E-state index in [-0.39, 0.29) is 12.4 Å². The van der Waals surface area contributed by atoms with Gasteiger partial charge in [-0.3, -0.25) is 4.79 Å². The Kier molecular flexibility index (Phi) is 5.33. The Bertz CT molecular complexity index is 618. The third-order valence-electron chi connectivity index (χ3n) is 4.79. The van der Waals surface area contributed by atoms with Crippen LogP contribution < -0.4 is 0 Å². The summed E-state index contributed by atoms with van der Waals surface area (Å²) in [5.41, 5.74) is 2.71. The van der Waals surface area contributed by atoms with E-state index in [0.29, 0.717) is 18.9 Å². The van der Waals surface area contributed by atoms with Crippen molar-refractivity contribution in [2.75, 3.05) is 6.61 Å². The molecule has 2 aliphatic rings. The summed E-state index contributed by atoms with van der Waals surface area (Å²) in [7, 11) is 0. The molecule has 0 bridgehead atoms. The van der Waals surface area contributed by atoms with Crippen LogP contribution in [0.4, 0.5) is 0 Å². The highest BCUT2D eigenvalue weighted by Gasteiger charge is 2.25. The number of nitrogens with zero attached hydrogens (tertiary/aromatic N) is 4. The number of aliphatic hydroxyl groups excluding tert-OH is 1. The molecule has 1 N–H and O–H groups in total. The van der Waals surface area contributed by atoms with Crippen LogP contribution in [0.25, 0.3) is 0 Å². The number of fused-ring (bicyclic) bond motifs is 1. The molecule has 1 atom stereocenters. The molecule has 2 aliphatic carbocycles. The Morgan fingerprint density at radius 2 is 2.26 bits per heavy atom. The van der Waals surface area contributed by atoms with E-state index in [0.717, 1.165) is 31.5 Å². The van der Waals surface area contributed by atoms with Gasteiger partial charge in [-0.25, -0.2) is 4.68 Å². The number of ketones is 1. The first-order valence-electron chi connectivity index (χ1n) is 8.57. The number of unbranched alkanes of at least 4 members (excludes halogenated alkanes) is 1. The van der Waals surface area contributed by atoms with Crippen molar-refractivity contribution in [1.82, 2.24) is 20.2 Å². The molecule has 1 aromatic rings. The number of aliphatic hydroxyl groups is 1. The van der Waals surface area contributed by atoms with Gasteiger partial charge in [0.1, 0.15) is 0 Å². The van der Waals surface area contributed by atoms with Gasteiger partial charge in [0.05, 0.1) is 13.2 Å². The minimum absolute atomic E-state index is 0.0576. The predicted octanol–water partition coefficient (Wildman–Crippen LogP) is 2.00. The fourth-order valence-electron chi connectivity index (χ4n) is 3.66. The molecule has 1 heterocycles. The van der Waals surface area contributed by atoms with Crippen LogP contribution in [0, 0.1) is 5.92 Å². The highest BCUT2D eigenvalue weighted by Crippen LogP contribution is 2.38. The minimum Gasteiger partial charge on any atom is -0.394 e. The van der Waals surface area contributed by atoms with Crippen molar-refractivity contribution in [1.29, 1.82) is 0 Å². The summed E-state index contributed by atoms with van der Waals surface area (Å²) < 4.78 is 1.68. The Morgan fingerprint density at radius 1 is 1.35 bits per heavy atom. The van der Waals surface area contributed by atoms with E-state index in [4.69, 9.17) is 5.11 Å². The minimum atomic E-state index is 0.0576. The summed E-state index contributed by atoms with van der Waals surface area (Å²) in [5, 5.41) is 20.6. The van der Waals surface area contributed by atoms with E-state index < -0.39 is 0 Å². The summed E-state index contributed by atoms with van der Waals surface area (Å²) in [6.07, 6.45) is 12.3. The molecule has 0 aromatic carbocycles. The number of hydrogen-bond donors (Lipinski definition) is 1. The molecule has 0 amide bonds. The second-order valence-electron chi connectivity index (χ2n) is 6.38. The van der Waals surface area contributed by atoms with Crippen LogP contribution in [0.1, 0.15) is 50.8 Å². The van der Waals surface area contributed by atoms with Crippen molar-refractivity contribution in [2.24, 2.45) is 5.92 Å². The predicted molar refractivity (Wildman–Crippen MR) is 85.6 cm³/mol. The third-order valence-corrected chi connectivity index (χ3v) is 4.79. The molecule has 124 valence electrons. The summed E-state index contributed by atoms with van der Waals surface area (Å²) in [6, 6.07) is 0. The van der Waals surface area contributed by atoms with Crippen molar-refractivity contribution in [2.45, 2.75) is 57.9 Å². The number of rotatable bonds is 7. The van der Waals surface area contributed by atoms with Crippen LogP contribution >= 0.6 is 0 Å². The van der Waals surface area contributed by atoms with Crippen LogP contribution in [-0.4, -0.2) is 37.7 Å². The first-order chi connectivity index (χ1) is 11.3. The molecule has 0 spiro atoms. The Balaban J connectivity index is 1.48. The normalized spacial score (nSPS) is 20.9. The lowest BCUT2D eigenvalue weighted by Crippen LogP contribution is -2.17. The molecule has 6 nitrogen and oxygen atoms in total. The molecule has 1 saturated carbocycles.